The van der Waals surface area contributed by atoms with Gasteiger partial charge >= 0.3 is 5.97 Å². The highest BCUT2D eigenvalue weighted by atomic mass is 32.2. The van der Waals surface area contributed by atoms with Gasteiger partial charge in [-0.15, -0.1) is 0 Å². The van der Waals surface area contributed by atoms with Gasteiger partial charge in [0.05, 0.1) is 0 Å². The van der Waals surface area contributed by atoms with Gasteiger partial charge in [0.1, 0.15) is 6.61 Å². The van der Waals surface area contributed by atoms with Gasteiger partial charge in [0.2, 0.25) is 4.75 Å². The van der Waals surface area contributed by atoms with Crippen molar-refractivity contribution in [3.05, 3.63) is 71.8 Å². The Bertz CT molecular complexity index is 778. The highest BCUT2D eigenvalue weighted by molar-refractivity contribution is 7.93. The van der Waals surface area contributed by atoms with Crippen LogP contribution in [-0.4, -0.2) is 52.3 Å². The molecule has 5 nitrogen and oxygen atoms in total. The van der Waals surface area contributed by atoms with Crippen LogP contribution in [0.5, 0.6) is 0 Å². The molecule has 0 unspecified atom stereocenters. The van der Waals surface area contributed by atoms with E-state index in [0.717, 1.165) is 0 Å². The molecule has 26 heavy (non-hydrogen) atoms. The second kappa shape index (κ2) is 8.47. The number of hydrogen-bond acceptors (Lipinski definition) is 5. The van der Waals surface area contributed by atoms with Crippen LogP contribution in [0.2, 0.25) is 0 Å². The topological polar surface area (TPSA) is 63.7 Å². The lowest BCUT2D eigenvalue weighted by Gasteiger charge is -2.32. The molecular formula is C20H25NO4S. The molecule has 0 saturated heterocycles. The minimum atomic E-state index is -3.87. The SMILES string of the molecule is CCS(=O)(=O)C(C(=O)OCCN(C)C)(c1ccccc1)c1ccccc1. The van der Waals surface area contributed by atoms with E-state index in [1.807, 2.05) is 19.0 Å². The lowest BCUT2D eigenvalue weighted by atomic mass is 9.90. The van der Waals surface area contributed by atoms with Crippen LogP contribution in [0.3, 0.4) is 0 Å². The van der Waals surface area contributed by atoms with Crippen molar-refractivity contribution in [2.24, 2.45) is 0 Å². The zero-order valence-corrected chi connectivity index (χ0v) is 16.2. The molecule has 0 atom stereocenters. The molecule has 0 aromatic heterocycles. The number of benzene rings is 2. The molecule has 2 aromatic rings. The normalized spacial score (nSPS) is 12.2. The maximum atomic E-state index is 13.2. The number of ether oxygens (including phenoxy) is 1. The Morgan fingerprint density at radius 3 is 1.81 bits per heavy atom. The minimum absolute atomic E-state index is 0.118. The monoisotopic (exact) mass is 375 g/mol. The van der Waals surface area contributed by atoms with Crippen molar-refractivity contribution in [2.75, 3.05) is 33.0 Å². The van der Waals surface area contributed by atoms with Crippen molar-refractivity contribution >= 4 is 15.8 Å². The molecular weight excluding hydrogens is 350 g/mol. The lowest BCUT2D eigenvalue weighted by Crippen LogP contribution is -2.47. The lowest BCUT2D eigenvalue weighted by molar-refractivity contribution is -0.146. The summed E-state index contributed by atoms with van der Waals surface area (Å²) in [5, 5.41) is 0. The van der Waals surface area contributed by atoms with Crippen LogP contribution in [0.25, 0.3) is 0 Å². The molecule has 0 radical (unpaired) electrons. The van der Waals surface area contributed by atoms with Crippen molar-refractivity contribution in [3.8, 4) is 0 Å². The second-order valence-corrected chi connectivity index (χ2v) is 8.68. The van der Waals surface area contributed by atoms with Gasteiger partial charge < -0.3 is 9.64 Å². The standard InChI is InChI=1S/C20H25NO4S/c1-4-26(23,24)20(17-11-7-5-8-12-17,18-13-9-6-10-14-18)19(22)25-16-15-21(2)3/h5-14H,4,15-16H2,1-3H3. The zero-order chi connectivity index (χ0) is 19.2. The Kier molecular flexibility index (Phi) is 6.56. The fourth-order valence-electron chi connectivity index (χ4n) is 2.87. The van der Waals surface area contributed by atoms with Crippen LogP contribution in [0.4, 0.5) is 0 Å². The number of hydrogen-bond donors (Lipinski definition) is 0. The smallest absolute Gasteiger partial charge is 0.336 e. The van der Waals surface area contributed by atoms with Gasteiger partial charge in [-0.1, -0.05) is 67.6 Å². The second-order valence-electron chi connectivity index (χ2n) is 6.26. The molecule has 2 aromatic carbocycles. The fourth-order valence-corrected chi connectivity index (χ4v) is 4.61. The number of rotatable bonds is 8. The van der Waals surface area contributed by atoms with E-state index in [9.17, 15) is 13.2 Å². The predicted octanol–water partition coefficient (Wildman–Crippen LogP) is 2.47. The maximum absolute atomic E-state index is 13.2. The van der Waals surface area contributed by atoms with Crippen molar-refractivity contribution in [1.82, 2.24) is 4.90 Å². The molecule has 0 fully saturated rings. The van der Waals surface area contributed by atoms with Gasteiger partial charge in [0, 0.05) is 12.3 Å². The summed E-state index contributed by atoms with van der Waals surface area (Å²) < 4.78 is 30.1. The molecule has 6 heteroatoms. The van der Waals surface area contributed by atoms with E-state index < -0.39 is 20.6 Å². The van der Waals surface area contributed by atoms with E-state index >= 15 is 0 Å². The summed E-state index contributed by atoms with van der Waals surface area (Å²) in [5.41, 5.74) is 0.783. The van der Waals surface area contributed by atoms with E-state index in [1.54, 1.807) is 67.6 Å². The summed E-state index contributed by atoms with van der Waals surface area (Å²) in [4.78, 5) is 15.1. The highest BCUT2D eigenvalue weighted by Crippen LogP contribution is 2.39. The summed E-state index contributed by atoms with van der Waals surface area (Å²) in [5.74, 6) is -0.946. The third-order valence-corrected chi connectivity index (χ3v) is 6.60. The minimum Gasteiger partial charge on any atom is -0.463 e. The first kappa shape index (κ1) is 20.1. The third kappa shape index (κ3) is 3.81. The molecule has 0 amide bonds. The number of likely N-dealkylation sites (N-methyl/N-ethyl adjacent to an activating group) is 1. The van der Waals surface area contributed by atoms with Gasteiger partial charge in [-0.05, 0) is 25.2 Å². The number of sulfone groups is 1. The van der Waals surface area contributed by atoms with E-state index in [-0.39, 0.29) is 12.4 Å². The summed E-state index contributed by atoms with van der Waals surface area (Å²) in [6.45, 7) is 2.17. The van der Waals surface area contributed by atoms with Crippen LogP contribution in [0.15, 0.2) is 60.7 Å². The van der Waals surface area contributed by atoms with E-state index in [1.165, 1.54) is 0 Å². The van der Waals surface area contributed by atoms with Crippen LogP contribution < -0.4 is 0 Å². The average Bonchev–Trinajstić information content (AvgIpc) is 2.63. The molecule has 0 saturated carbocycles. The fraction of sp³-hybridized carbons (Fsp3) is 0.350. The highest BCUT2D eigenvalue weighted by Gasteiger charge is 2.54. The van der Waals surface area contributed by atoms with Gasteiger partial charge in [-0.2, -0.15) is 0 Å². The van der Waals surface area contributed by atoms with Crippen molar-refractivity contribution in [3.63, 3.8) is 0 Å². The van der Waals surface area contributed by atoms with Crippen LogP contribution >= 0.6 is 0 Å². The summed E-state index contributed by atoms with van der Waals surface area (Å²) >= 11 is 0. The summed E-state index contributed by atoms with van der Waals surface area (Å²) in [6, 6.07) is 17.1. The van der Waals surface area contributed by atoms with Crippen molar-refractivity contribution in [2.45, 2.75) is 11.7 Å². The zero-order valence-electron chi connectivity index (χ0n) is 15.4. The van der Waals surface area contributed by atoms with Gasteiger partial charge in [0.25, 0.3) is 0 Å². The first-order valence-electron chi connectivity index (χ1n) is 8.51. The number of nitrogens with zero attached hydrogens (tertiary/aromatic N) is 1. The molecule has 0 bridgehead atoms. The largest absolute Gasteiger partial charge is 0.463 e. The van der Waals surface area contributed by atoms with Gasteiger partial charge in [-0.25, -0.2) is 13.2 Å². The van der Waals surface area contributed by atoms with E-state index in [0.29, 0.717) is 17.7 Å². The van der Waals surface area contributed by atoms with E-state index in [2.05, 4.69) is 0 Å². The predicted molar refractivity (Wildman–Crippen MR) is 103 cm³/mol. The molecule has 0 aliphatic carbocycles. The van der Waals surface area contributed by atoms with Crippen molar-refractivity contribution in [1.29, 1.82) is 0 Å². The average molecular weight is 375 g/mol. The van der Waals surface area contributed by atoms with Crippen LogP contribution in [-0.2, 0) is 24.1 Å². The molecule has 0 N–H and O–H groups in total. The number of esters is 1. The first-order valence-corrected chi connectivity index (χ1v) is 10.2. The van der Waals surface area contributed by atoms with E-state index in [4.69, 9.17) is 4.74 Å². The summed E-state index contributed by atoms with van der Waals surface area (Å²) in [6.07, 6.45) is 0. The number of carbonyl (C=O) groups excluding carboxylic acids is 1. The maximum Gasteiger partial charge on any atom is 0.336 e. The molecule has 0 aliphatic rings. The molecule has 0 heterocycles. The molecule has 0 spiro atoms. The Hall–Kier alpha value is -2.18. The first-order chi connectivity index (χ1) is 12.4. The summed E-state index contributed by atoms with van der Waals surface area (Å²) in [7, 11) is -0.147. The van der Waals surface area contributed by atoms with Gasteiger partial charge in [0.15, 0.2) is 9.84 Å². The molecule has 2 rings (SSSR count). The van der Waals surface area contributed by atoms with Crippen LogP contribution in [0, 0.1) is 0 Å². The molecule has 140 valence electrons. The Balaban J connectivity index is 2.68. The third-order valence-electron chi connectivity index (χ3n) is 4.27. The Morgan fingerprint density at radius 1 is 0.962 bits per heavy atom. The van der Waals surface area contributed by atoms with Crippen LogP contribution in [0.1, 0.15) is 18.1 Å². The van der Waals surface area contributed by atoms with Crippen molar-refractivity contribution < 1.29 is 17.9 Å². The Labute approximate surface area is 155 Å². The molecule has 0 aliphatic heterocycles. The number of carbonyl (C=O) groups is 1. The quantitative estimate of drug-likeness (QED) is 0.663. The Morgan fingerprint density at radius 2 is 1.42 bits per heavy atom. The van der Waals surface area contributed by atoms with Gasteiger partial charge in [-0.3, -0.25) is 0 Å².